The number of hydrogen-bond donors (Lipinski definition) is 0. The van der Waals surface area contributed by atoms with Crippen molar-refractivity contribution in [1.82, 2.24) is 24.4 Å². The van der Waals surface area contributed by atoms with E-state index in [1.54, 1.807) is 12.5 Å². The molecule has 130 valence electrons. The van der Waals surface area contributed by atoms with Gasteiger partial charge in [-0.1, -0.05) is 36.4 Å². The lowest BCUT2D eigenvalue weighted by Crippen LogP contribution is -2.37. The molecule has 3 aromatic rings. The molecule has 5 nitrogen and oxygen atoms in total. The Hall–Kier alpha value is -2.79. The molecule has 5 heteroatoms. The van der Waals surface area contributed by atoms with E-state index in [2.05, 4.69) is 56.3 Å². The number of aromatic nitrogens is 4. The van der Waals surface area contributed by atoms with Crippen molar-refractivity contribution in [2.75, 3.05) is 0 Å². The van der Waals surface area contributed by atoms with Crippen molar-refractivity contribution in [3.05, 3.63) is 78.6 Å². The first-order valence-corrected chi connectivity index (χ1v) is 9.18. The van der Waals surface area contributed by atoms with Crippen molar-refractivity contribution in [2.24, 2.45) is 0 Å². The van der Waals surface area contributed by atoms with Gasteiger partial charge in [-0.3, -0.25) is 9.47 Å². The summed E-state index contributed by atoms with van der Waals surface area (Å²) in [6, 6.07) is 11.9. The number of fused-ring (bicyclic) bond motifs is 2. The van der Waals surface area contributed by atoms with Crippen molar-refractivity contribution in [3.63, 3.8) is 0 Å². The zero-order valence-corrected chi connectivity index (χ0v) is 14.6. The highest BCUT2D eigenvalue weighted by Gasteiger charge is 2.36. The normalized spacial score (nSPS) is 22.4. The molecule has 1 aromatic carbocycles. The third kappa shape index (κ3) is 2.84. The van der Waals surface area contributed by atoms with Crippen LogP contribution < -0.4 is 0 Å². The molecule has 0 saturated carbocycles. The van der Waals surface area contributed by atoms with Gasteiger partial charge in [-0.15, -0.1) is 0 Å². The van der Waals surface area contributed by atoms with Gasteiger partial charge in [0.1, 0.15) is 6.33 Å². The molecule has 2 unspecified atom stereocenters. The van der Waals surface area contributed by atoms with Crippen molar-refractivity contribution < 1.29 is 0 Å². The quantitative estimate of drug-likeness (QED) is 0.728. The highest BCUT2D eigenvalue weighted by atomic mass is 15.2. The lowest BCUT2D eigenvalue weighted by Gasteiger charge is -2.34. The monoisotopic (exact) mass is 343 g/mol. The van der Waals surface area contributed by atoms with Gasteiger partial charge in [0.05, 0.1) is 0 Å². The van der Waals surface area contributed by atoms with E-state index >= 15 is 0 Å². The second-order valence-electron chi connectivity index (χ2n) is 7.09. The molecule has 5 rings (SSSR count). The predicted molar refractivity (Wildman–Crippen MR) is 101 cm³/mol. The van der Waals surface area contributed by atoms with Crippen LogP contribution in [-0.4, -0.2) is 36.5 Å². The van der Waals surface area contributed by atoms with Gasteiger partial charge in [0.2, 0.25) is 5.95 Å². The van der Waals surface area contributed by atoms with Gasteiger partial charge < -0.3 is 0 Å². The summed E-state index contributed by atoms with van der Waals surface area (Å²) >= 11 is 0. The van der Waals surface area contributed by atoms with E-state index in [9.17, 15) is 0 Å². The van der Waals surface area contributed by atoms with Crippen LogP contribution >= 0.6 is 0 Å². The first kappa shape index (κ1) is 15.5. The standard InChI is InChI=1S/C21H21N5/c1-2-4-16(5-3-1)14-26-19-6-7-20(26)11-17(10-19)18-12-23-21(24-13-18)25-9-8-22-15-25/h1-5,8-10,12-13,15,19-20H,6-7,11,14H2. The Morgan fingerprint density at radius 2 is 1.88 bits per heavy atom. The molecule has 26 heavy (non-hydrogen) atoms. The molecular formula is C21H21N5. The highest BCUT2D eigenvalue weighted by molar-refractivity contribution is 5.67. The van der Waals surface area contributed by atoms with Gasteiger partial charge in [0.15, 0.2) is 0 Å². The molecular weight excluding hydrogens is 322 g/mol. The van der Waals surface area contributed by atoms with Gasteiger partial charge in [0.25, 0.3) is 0 Å². The van der Waals surface area contributed by atoms with Crippen molar-refractivity contribution in [2.45, 2.75) is 37.9 Å². The Morgan fingerprint density at radius 3 is 2.62 bits per heavy atom. The molecule has 0 spiro atoms. The average molecular weight is 343 g/mol. The molecule has 4 heterocycles. The summed E-state index contributed by atoms with van der Waals surface area (Å²) in [4.78, 5) is 15.7. The summed E-state index contributed by atoms with van der Waals surface area (Å²) in [6.07, 6.45) is 15.2. The maximum absolute atomic E-state index is 4.51. The molecule has 2 aliphatic rings. The lowest BCUT2D eigenvalue weighted by molar-refractivity contribution is 0.203. The second-order valence-corrected chi connectivity index (χ2v) is 7.09. The van der Waals surface area contributed by atoms with Crippen LogP contribution in [0.2, 0.25) is 0 Å². The number of hydrogen-bond acceptors (Lipinski definition) is 4. The van der Waals surface area contributed by atoms with Crippen LogP contribution in [0.5, 0.6) is 0 Å². The molecule has 2 atom stereocenters. The van der Waals surface area contributed by atoms with Crippen LogP contribution in [0.15, 0.2) is 67.5 Å². The molecule has 2 bridgehead atoms. The third-order valence-corrected chi connectivity index (χ3v) is 5.49. The SMILES string of the molecule is C1=C(c2cnc(-n3ccnc3)nc2)CC2CCC1N2Cc1ccccc1. The van der Waals surface area contributed by atoms with E-state index in [-0.39, 0.29) is 0 Å². The molecule has 1 saturated heterocycles. The molecule has 2 aromatic heterocycles. The fourth-order valence-corrected chi connectivity index (χ4v) is 4.17. The summed E-state index contributed by atoms with van der Waals surface area (Å²) in [6.45, 7) is 1.04. The first-order valence-electron chi connectivity index (χ1n) is 9.18. The van der Waals surface area contributed by atoms with E-state index in [0.29, 0.717) is 18.0 Å². The van der Waals surface area contributed by atoms with Crippen LogP contribution in [0, 0.1) is 0 Å². The molecule has 0 amide bonds. The summed E-state index contributed by atoms with van der Waals surface area (Å²) < 4.78 is 1.82. The molecule has 1 fully saturated rings. The minimum absolute atomic E-state index is 0.525. The average Bonchev–Trinajstić information content (AvgIpc) is 3.29. The number of rotatable bonds is 4. The fourth-order valence-electron chi connectivity index (χ4n) is 4.17. The van der Waals surface area contributed by atoms with Gasteiger partial charge in [-0.25, -0.2) is 15.0 Å². The van der Waals surface area contributed by atoms with Crippen LogP contribution in [0.3, 0.4) is 0 Å². The molecule has 2 aliphatic heterocycles. The number of benzene rings is 1. The zero-order valence-electron chi connectivity index (χ0n) is 14.6. The third-order valence-electron chi connectivity index (χ3n) is 5.49. The first-order chi connectivity index (χ1) is 12.9. The van der Waals surface area contributed by atoms with Crippen molar-refractivity contribution >= 4 is 5.57 Å². The molecule has 0 aliphatic carbocycles. The van der Waals surface area contributed by atoms with Crippen molar-refractivity contribution in [1.29, 1.82) is 0 Å². The van der Waals surface area contributed by atoms with Gasteiger partial charge >= 0.3 is 0 Å². The fraction of sp³-hybridized carbons (Fsp3) is 0.286. The summed E-state index contributed by atoms with van der Waals surface area (Å²) in [5, 5.41) is 0. The summed E-state index contributed by atoms with van der Waals surface area (Å²) in [7, 11) is 0. The highest BCUT2D eigenvalue weighted by Crippen LogP contribution is 2.39. The Bertz CT molecular complexity index is 899. The minimum Gasteiger partial charge on any atom is -0.289 e. The van der Waals surface area contributed by atoms with E-state index in [1.807, 2.05) is 23.2 Å². The van der Waals surface area contributed by atoms with E-state index in [0.717, 1.165) is 18.5 Å². The van der Waals surface area contributed by atoms with Crippen LogP contribution in [-0.2, 0) is 6.54 Å². The Labute approximate surface area is 153 Å². The Balaban J connectivity index is 1.36. The van der Waals surface area contributed by atoms with Crippen LogP contribution in [0.4, 0.5) is 0 Å². The number of imidazole rings is 1. The summed E-state index contributed by atoms with van der Waals surface area (Å²) in [5.41, 5.74) is 3.93. The van der Waals surface area contributed by atoms with Crippen LogP contribution in [0.1, 0.15) is 30.4 Å². The van der Waals surface area contributed by atoms with Crippen LogP contribution in [0.25, 0.3) is 11.5 Å². The second kappa shape index (κ2) is 6.50. The largest absolute Gasteiger partial charge is 0.289 e. The topological polar surface area (TPSA) is 46.8 Å². The summed E-state index contributed by atoms with van der Waals surface area (Å²) in [5.74, 6) is 0.663. The van der Waals surface area contributed by atoms with E-state index < -0.39 is 0 Å². The maximum Gasteiger partial charge on any atom is 0.234 e. The van der Waals surface area contributed by atoms with Gasteiger partial charge in [-0.2, -0.15) is 0 Å². The van der Waals surface area contributed by atoms with Gasteiger partial charge in [-0.05, 0) is 30.4 Å². The molecule has 0 N–H and O–H groups in total. The van der Waals surface area contributed by atoms with Crippen molar-refractivity contribution in [3.8, 4) is 5.95 Å². The van der Waals surface area contributed by atoms with E-state index in [4.69, 9.17) is 0 Å². The molecule has 0 radical (unpaired) electrons. The Morgan fingerprint density at radius 1 is 1.04 bits per heavy atom. The maximum atomic E-state index is 4.51. The lowest BCUT2D eigenvalue weighted by atomic mass is 9.96. The van der Waals surface area contributed by atoms with Gasteiger partial charge in [0, 0.05) is 49.0 Å². The smallest absolute Gasteiger partial charge is 0.234 e. The van der Waals surface area contributed by atoms with E-state index in [1.165, 1.54) is 24.0 Å². The Kier molecular flexibility index (Phi) is 3.87. The minimum atomic E-state index is 0.525. The zero-order chi connectivity index (χ0) is 17.3. The number of nitrogens with zero attached hydrogens (tertiary/aromatic N) is 5. The predicted octanol–water partition coefficient (Wildman–Crippen LogP) is 3.48.